The van der Waals surface area contributed by atoms with Crippen LogP contribution in [-0.2, 0) is 14.3 Å². The lowest BCUT2D eigenvalue weighted by Gasteiger charge is -2.35. The molecule has 70 valence electrons. The lowest BCUT2D eigenvalue weighted by atomic mass is 9.62. The summed E-state index contributed by atoms with van der Waals surface area (Å²) in [5.74, 6) is -0.128. The van der Waals surface area contributed by atoms with E-state index in [-0.39, 0.29) is 17.2 Å². The third-order valence-electron chi connectivity index (χ3n) is 3.37. The Kier molecular flexibility index (Phi) is 1.45. The summed E-state index contributed by atoms with van der Waals surface area (Å²) in [5, 5.41) is 0. The van der Waals surface area contributed by atoms with Crippen molar-refractivity contribution in [1.82, 2.24) is 0 Å². The summed E-state index contributed by atoms with van der Waals surface area (Å²) in [6.07, 6.45) is 3.59. The summed E-state index contributed by atoms with van der Waals surface area (Å²) in [5.41, 5.74) is -0.934. The van der Waals surface area contributed by atoms with Crippen LogP contribution in [0.1, 0.15) is 20.3 Å². The minimum atomic E-state index is -0.596. The van der Waals surface area contributed by atoms with Crippen molar-refractivity contribution in [2.45, 2.75) is 20.3 Å². The van der Waals surface area contributed by atoms with Gasteiger partial charge in [-0.05, 0) is 13.0 Å². The molecule has 0 spiro atoms. The predicted molar refractivity (Wildman–Crippen MR) is 45.9 cm³/mol. The van der Waals surface area contributed by atoms with Crippen LogP contribution < -0.4 is 0 Å². The van der Waals surface area contributed by atoms with E-state index in [2.05, 4.69) is 0 Å². The summed E-state index contributed by atoms with van der Waals surface area (Å²) in [7, 11) is 0. The summed E-state index contributed by atoms with van der Waals surface area (Å²) in [4.78, 5) is 22.7. The second-order valence-corrected chi connectivity index (χ2v) is 4.32. The predicted octanol–water partition coefficient (Wildman–Crippen LogP) is 1.08. The molecule has 0 aromatic carbocycles. The van der Waals surface area contributed by atoms with Gasteiger partial charge in [0.05, 0.1) is 12.0 Å². The second kappa shape index (κ2) is 2.22. The Hall–Kier alpha value is -1.12. The normalized spacial score (nSPS) is 43.2. The van der Waals surface area contributed by atoms with Gasteiger partial charge in [-0.25, -0.2) is 0 Å². The number of allylic oxidation sites excluding steroid dienone is 1. The second-order valence-electron chi connectivity index (χ2n) is 4.32. The monoisotopic (exact) mass is 180 g/mol. The molecule has 1 saturated heterocycles. The van der Waals surface area contributed by atoms with E-state index in [0.29, 0.717) is 13.0 Å². The molecule has 1 aliphatic heterocycles. The van der Waals surface area contributed by atoms with Crippen LogP contribution in [0.5, 0.6) is 0 Å². The Labute approximate surface area is 76.8 Å². The van der Waals surface area contributed by atoms with E-state index < -0.39 is 5.41 Å². The van der Waals surface area contributed by atoms with Crippen molar-refractivity contribution in [3.8, 4) is 0 Å². The highest BCUT2D eigenvalue weighted by molar-refractivity contribution is 5.95. The highest BCUT2D eigenvalue weighted by Gasteiger charge is 2.57. The maximum absolute atomic E-state index is 11.5. The van der Waals surface area contributed by atoms with Gasteiger partial charge in [-0.1, -0.05) is 13.0 Å². The number of rotatable bonds is 0. The van der Waals surface area contributed by atoms with Crippen molar-refractivity contribution in [1.29, 1.82) is 0 Å². The van der Waals surface area contributed by atoms with E-state index in [9.17, 15) is 9.59 Å². The zero-order chi connectivity index (χ0) is 9.69. The molecule has 0 radical (unpaired) electrons. The Balaban J connectivity index is 2.50. The molecule has 0 N–H and O–H groups in total. The molecule has 13 heavy (non-hydrogen) atoms. The molecule has 2 aliphatic rings. The van der Waals surface area contributed by atoms with Crippen LogP contribution in [0.15, 0.2) is 12.2 Å². The first kappa shape index (κ1) is 8.48. The van der Waals surface area contributed by atoms with Gasteiger partial charge in [0.15, 0.2) is 5.78 Å². The number of ketones is 1. The Bertz CT molecular complexity index is 318. The molecule has 1 heterocycles. The van der Waals surface area contributed by atoms with Crippen LogP contribution in [0.25, 0.3) is 0 Å². The number of hydrogen-bond acceptors (Lipinski definition) is 3. The summed E-state index contributed by atoms with van der Waals surface area (Å²) in [6.45, 7) is 4.13. The van der Waals surface area contributed by atoms with E-state index >= 15 is 0 Å². The quantitative estimate of drug-likeness (QED) is 0.524. The van der Waals surface area contributed by atoms with Crippen molar-refractivity contribution < 1.29 is 14.3 Å². The number of hydrogen-bond donors (Lipinski definition) is 0. The highest BCUT2D eigenvalue weighted by atomic mass is 16.5. The Morgan fingerprint density at radius 3 is 2.77 bits per heavy atom. The lowest BCUT2D eigenvalue weighted by Crippen LogP contribution is -2.41. The van der Waals surface area contributed by atoms with Crippen LogP contribution in [0, 0.1) is 10.8 Å². The van der Waals surface area contributed by atoms with Crippen molar-refractivity contribution in [2.75, 3.05) is 6.61 Å². The summed E-state index contributed by atoms with van der Waals surface area (Å²) >= 11 is 0. The van der Waals surface area contributed by atoms with Gasteiger partial charge in [0.25, 0.3) is 0 Å². The van der Waals surface area contributed by atoms with Crippen molar-refractivity contribution in [2.24, 2.45) is 10.8 Å². The molecule has 1 aliphatic carbocycles. The number of carbonyl (C=O) groups is 2. The number of carbonyl (C=O) groups excluding carboxylic acids is 2. The van der Waals surface area contributed by atoms with Crippen molar-refractivity contribution >= 4 is 11.8 Å². The van der Waals surface area contributed by atoms with Crippen LogP contribution in [0.3, 0.4) is 0 Å². The Morgan fingerprint density at radius 1 is 1.38 bits per heavy atom. The zero-order valence-electron chi connectivity index (χ0n) is 7.79. The third kappa shape index (κ3) is 0.900. The largest absolute Gasteiger partial charge is 0.464 e. The molecular weight excluding hydrogens is 168 g/mol. The molecule has 0 aromatic rings. The molecule has 2 atom stereocenters. The third-order valence-corrected chi connectivity index (χ3v) is 3.37. The van der Waals surface area contributed by atoms with E-state index in [1.807, 2.05) is 13.8 Å². The Morgan fingerprint density at radius 2 is 2.08 bits per heavy atom. The average molecular weight is 180 g/mol. The smallest absolute Gasteiger partial charge is 0.316 e. The minimum Gasteiger partial charge on any atom is -0.464 e. The first-order chi connectivity index (χ1) is 5.98. The van der Waals surface area contributed by atoms with Gasteiger partial charge in [-0.3, -0.25) is 9.59 Å². The summed E-state index contributed by atoms with van der Waals surface area (Å²) < 4.78 is 5.01. The molecule has 0 amide bonds. The van der Waals surface area contributed by atoms with Crippen LogP contribution in [-0.4, -0.2) is 18.4 Å². The van der Waals surface area contributed by atoms with Crippen LogP contribution in [0.4, 0.5) is 0 Å². The molecule has 0 unspecified atom stereocenters. The van der Waals surface area contributed by atoms with Gasteiger partial charge >= 0.3 is 5.97 Å². The number of cyclic esters (lactones) is 1. The first-order valence-electron chi connectivity index (χ1n) is 4.37. The number of ether oxygens (including phenoxy) is 1. The van der Waals surface area contributed by atoms with Gasteiger partial charge < -0.3 is 4.74 Å². The van der Waals surface area contributed by atoms with E-state index in [1.54, 1.807) is 6.08 Å². The maximum Gasteiger partial charge on any atom is 0.316 e. The first-order valence-corrected chi connectivity index (χ1v) is 4.37. The fourth-order valence-electron chi connectivity index (χ4n) is 1.98. The fraction of sp³-hybridized carbons (Fsp3) is 0.600. The molecule has 3 nitrogen and oxygen atoms in total. The van der Waals surface area contributed by atoms with E-state index in [0.717, 1.165) is 0 Å². The summed E-state index contributed by atoms with van der Waals surface area (Å²) in [6, 6.07) is 0. The molecule has 0 aromatic heterocycles. The maximum atomic E-state index is 11.5. The number of esters is 1. The standard InChI is InChI=1S/C10H12O3/c1-9-5-7(11)3-4-10(9,2)8(12)13-6-9/h3-4H,5-6H2,1-2H3/t9-,10+/m0/s1. The van der Waals surface area contributed by atoms with E-state index in [4.69, 9.17) is 4.74 Å². The van der Waals surface area contributed by atoms with Crippen molar-refractivity contribution in [3.63, 3.8) is 0 Å². The molecular formula is C10H12O3. The number of fused-ring (bicyclic) bond motifs is 1. The van der Waals surface area contributed by atoms with Crippen LogP contribution >= 0.6 is 0 Å². The lowest BCUT2D eigenvalue weighted by molar-refractivity contribution is -0.144. The SMILES string of the molecule is C[C@]12COC(=O)[C@@]1(C)C=CC(=O)C2. The molecule has 3 heteroatoms. The molecule has 0 saturated carbocycles. The topological polar surface area (TPSA) is 43.4 Å². The van der Waals surface area contributed by atoms with Crippen molar-refractivity contribution in [3.05, 3.63) is 12.2 Å². The zero-order valence-corrected chi connectivity index (χ0v) is 7.79. The molecule has 2 rings (SSSR count). The average Bonchev–Trinajstić information content (AvgIpc) is 2.28. The van der Waals surface area contributed by atoms with Gasteiger partial charge in [-0.2, -0.15) is 0 Å². The molecule has 0 bridgehead atoms. The fourth-order valence-corrected chi connectivity index (χ4v) is 1.98. The highest BCUT2D eigenvalue weighted by Crippen LogP contribution is 2.51. The molecule has 1 fully saturated rings. The minimum absolute atomic E-state index is 0.0817. The van der Waals surface area contributed by atoms with E-state index in [1.165, 1.54) is 6.08 Å². The van der Waals surface area contributed by atoms with Gasteiger partial charge in [0.2, 0.25) is 0 Å². The van der Waals surface area contributed by atoms with Gasteiger partial charge in [-0.15, -0.1) is 0 Å². The van der Waals surface area contributed by atoms with Gasteiger partial charge in [0.1, 0.15) is 0 Å². The van der Waals surface area contributed by atoms with Crippen LogP contribution in [0.2, 0.25) is 0 Å². The van der Waals surface area contributed by atoms with Gasteiger partial charge in [0, 0.05) is 11.8 Å².